The SMILES string of the molecule is Cl.Cl.O=C1NN=NC12CCCCC2. The van der Waals surface area contributed by atoms with Crippen molar-refractivity contribution in [3.63, 3.8) is 0 Å². The zero-order chi connectivity index (χ0) is 7.73. The van der Waals surface area contributed by atoms with E-state index in [4.69, 9.17) is 0 Å². The smallest absolute Gasteiger partial charge is 0.270 e. The number of halogens is 2. The number of amides is 1. The maximum atomic E-state index is 11.3. The molecule has 1 fully saturated rings. The van der Waals surface area contributed by atoms with Gasteiger partial charge in [0, 0.05) is 0 Å². The molecule has 1 aliphatic heterocycles. The molecule has 0 aromatic rings. The summed E-state index contributed by atoms with van der Waals surface area (Å²) in [7, 11) is 0. The first-order chi connectivity index (χ1) is 5.33. The fraction of sp³-hybridized carbons (Fsp3) is 0.857. The van der Waals surface area contributed by atoms with Crippen LogP contribution < -0.4 is 5.43 Å². The van der Waals surface area contributed by atoms with Crippen LogP contribution in [0.15, 0.2) is 10.3 Å². The van der Waals surface area contributed by atoms with Crippen LogP contribution in [0.4, 0.5) is 0 Å². The van der Waals surface area contributed by atoms with E-state index < -0.39 is 5.54 Å². The van der Waals surface area contributed by atoms with Crippen molar-refractivity contribution in [3.05, 3.63) is 0 Å². The summed E-state index contributed by atoms with van der Waals surface area (Å²) in [5, 5.41) is 7.54. The molecule has 76 valence electrons. The maximum absolute atomic E-state index is 11.3. The Labute approximate surface area is 89.4 Å². The second-order valence-corrected chi connectivity index (χ2v) is 3.23. The third-order valence-electron chi connectivity index (χ3n) is 2.50. The number of nitrogens with one attached hydrogen (secondary N) is 1. The topological polar surface area (TPSA) is 53.8 Å². The molecular weight excluding hydrogens is 213 g/mol. The second-order valence-electron chi connectivity index (χ2n) is 3.23. The van der Waals surface area contributed by atoms with E-state index >= 15 is 0 Å². The lowest BCUT2D eigenvalue weighted by Crippen LogP contribution is -2.40. The highest BCUT2D eigenvalue weighted by Gasteiger charge is 2.42. The van der Waals surface area contributed by atoms with E-state index in [0.717, 1.165) is 25.7 Å². The summed E-state index contributed by atoms with van der Waals surface area (Å²) in [5.41, 5.74) is 1.94. The molecular formula is C7H13Cl2N3O. The summed E-state index contributed by atoms with van der Waals surface area (Å²) in [4.78, 5) is 11.3. The van der Waals surface area contributed by atoms with Crippen molar-refractivity contribution in [2.24, 2.45) is 10.3 Å². The van der Waals surface area contributed by atoms with E-state index in [9.17, 15) is 4.79 Å². The van der Waals surface area contributed by atoms with Gasteiger partial charge in [0.05, 0.1) is 0 Å². The van der Waals surface area contributed by atoms with Crippen molar-refractivity contribution >= 4 is 30.7 Å². The molecule has 1 heterocycles. The highest BCUT2D eigenvalue weighted by molar-refractivity contribution is 5.87. The molecule has 0 atom stereocenters. The zero-order valence-electron chi connectivity index (χ0n) is 7.15. The molecule has 0 bridgehead atoms. The molecule has 1 amide bonds. The fourth-order valence-electron chi connectivity index (χ4n) is 1.78. The third-order valence-corrected chi connectivity index (χ3v) is 2.50. The average Bonchev–Trinajstić information content (AvgIpc) is 2.36. The number of hydrogen-bond acceptors (Lipinski definition) is 3. The maximum Gasteiger partial charge on any atom is 0.271 e. The summed E-state index contributed by atoms with van der Waals surface area (Å²) in [6.45, 7) is 0. The molecule has 0 aromatic heterocycles. The average molecular weight is 226 g/mol. The fourth-order valence-corrected chi connectivity index (χ4v) is 1.78. The first-order valence-electron chi connectivity index (χ1n) is 4.06. The predicted molar refractivity (Wildman–Crippen MR) is 53.3 cm³/mol. The molecule has 4 nitrogen and oxygen atoms in total. The van der Waals surface area contributed by atoms with Gasteiger partial charge >= 0.3 is 0 Å². The quantitative estimate of drug-likeness (QED) is 0.675. The lowest BCUT2D eigenvalue weighted by molar-refractivity contribution is -0.125. The van der Waals surface area contributed by atoms with Crippen molar-refractivity contribution in [1.29, 1.82) is 0 Å². The molecule has 1 aliphatic carbocycles. The van der Waals surface area contributed by atoms with Crippen LogP contribution in [0.25, 0.3) is 0 Å². The molecule has 0 saturated heterocycles. The van der Waals surface area contributed by atoms with Gasteiger partial charge in [-0.3, -0.25) is 4.79 Å². The van der Waals surface area contributed by atoms with Gasteiger partial charge in [-0.2, -0.15) is 5.11 Å². The van der Waals surface area contributed by atoms with Gasteiger partial charge < -0.3 is 0 Å². The van der Waals surface area contributed by atoms with Gasteiger partial charge in [-0.05, 0) is 12.8 Å². The third kappa shape index (κ3) is 2.11. The minimum Gasteiger partial charge on any atom is -0.270 e. The van der Waals surface area contributed by atoms with E-state index in [1.807, 2.05) is 0 Å². The molecule has 1 saturated carbocycles. The first-order valence-corrected chi connectivity index (χ1v) is 4.06. The van der Waals surface area contributed by atoms with Crippen molar-refractivity contribution in [3.8, 4) is 0 Å². The molecule has 0 aromatic carbocycles. The highest BCUT2D eigenvalue weighted by Crippen LogP contribution is 2.34. The highest BCUT2D eigenvalue weighted by atomic mass is 35.5. The minimum atomic E-state index is -0.460. The molecule has 13 heavy (non-hydrogen) atoms. The number of hydrogen-bond donors (Lipinski definition) is 1. The minimum absolute atomic E-state index is 0. The normalized spacial score (nSPS) is 23.2. The van der Waals surface area contributed by atoms with Gasteiger partial charge in [0.15, 0.2) is 5.54 Å². The Bertz CT molecular complexity index is 214. The van der Waals surface area contributed by atoms with E-state index in [1.54, 1.807) is 0 Å². The Morgan fingerprint density at radius 2 is 1.77 bits per heavy atom. The van der Waals surface area contributed by atoms with Gasteiger partial charge in [0.2, 0.25) is 0 Å². The van der Waals surface area contributed by atoms with Crippen LogP contribution in [0.5, 0.6) is 0 Å². The summed E-state index contributed by atoms with van der Waals surface area (Å²) < 4.78 is 0. The summed E-state index contributed by atoms with van der Waals surface area (Å²) in [5.74, 6) is -0.00259. The van der Waals surface area contributed by atoms with E-state index in [1.165, 1.54) is 6.42 Å². The van der Waals surface area contributed by atoms with Crippen LogP contribution in [0.3, 0.4) is 0 Å². The molecule has 2 aliphatic rings. The van der Waals surface area contributed by atoms with Crippen molar-refractivity contribution in [1.82, 2.24) is 5.43 Å². The standard InChI is InChI=1S/C7H11N3O.2ClH/c11-6-7(9-10-8-6)4-2-1-3-5-7;;/h1-5H2,(H,8,9,11);2*1H. The molecule has 6 heteroatoms. The zero-order valence-corrected chi connectivity index (χ0v) is 8.79. The van der Waals surface area contributed by atoms with Crippen LogP contribution in [0.2, 0.25) is 0 Å². The van der Waals surface area contributed by atoms with Gasteiger partial charge in [0.25, 0.3) is 5.91 Å². The Hall–Kier alpha value is -0.350. The van der Waals surface area contributed by atoms with Gasteiger partial charge in [-0.15, -0.1) is 24.8 Å². The van der Waals surface area contributed by atoms with E-state index in [0.29, 0.717) is 0 Å². The molecule has 0 radical (unpaired) electrons. The van der Waals surface area contributed by atoms with Crippen LogP contribution in [0, 0.1) is 0 Å². The number of nitrogens with zero attached hydrogens (tertiary/aromatic N) is 2. The summed E-state index contributed by atoms with van der Waals surface area (Å²) in [6.07, 6.45) is 5.19. The van der Waals surface area contributed by atoms with E-state index in [-0.39, 0.29) is 30.7 Å². The van der Waals surface area contributed by atoms with Crippen LogP contribution in [0.1, 0.15) is 32.1 Å². The van der Waals surface area contributed by atoms with Gasteiger partial charge in [0.1, 0.15) is 0 Å². The number of rotatable bonds is 0. The van der Waals surface area contributed by atoms with Crippen molar-refractivity contribution in [2.75, 3.05) is 0 Å². The van der Waals surface area contributed by atoms with Gasteiger partial charge in [-0.25, -0.2) is 5.43 Å². The summed E-state index contributed by atoms with van der Waals surface area (Å²) >= 11 is 0. The largest absolute Gasteiger partial charge is 0.271 e. The Kier molecular flexibility index (Phi) is 4.64. The van der Waals surface area contributed by atoms with Gasteiger partial charge in [-0.1, -0.05) is 24.5 Å². The Morgan fingerprint density at radius 1 is 1.15 bits per heavy atom. The summed E-state index contributed by atoms with van der Waals surface area (Å²) in [6, 6.07) is 0. The van der Waals surface area contributed by atoms with Crippen LogP contribution in [-0.2, 0) is 4.79 Å². The molecule has 1 N–H and O–H groups in total. The first kappa shape index (κ1) is 12.7. The number of carbonyl (C=O) groups excluding carboxylic acids is 1. The van der Waals surface area contributed by atoms with Crippen LogP contribution in [-0.4, -0.2) is 11.4 Å². The molecule has 0 unspecified atom stereocenters. The Morgan fingerprint density at radius 3 is 2.23 bits per heavy atom. The van der Waals surface area contributed by atoms with Crippen molar-refractivity contribution in [2.45, 2.75) is 37.6 Å². The predicted octanol–water partition coefficient (Wildman–Crippen LogP) is 2.03. The van der Waals surface area contributed by atoms with Crippen molar-refractivity contribution < 1.29 is 4.79 Å². The monoisotopic (exact) mass is 225 g/mol. The molecule has 1 spiro atoms. The number of carbonyl (C=O) groups is 1. The Balaban J connectivity index is 0.000000720. The van der Waals surface area contributed by atoms with Crippen LogP contribution >= 0.6 is 24.8 Å². The molecule has 2 rings (SSSR count). The lowest BCUT2D eigenvalue weighted by atomic mass is 9.82. The van der Waals surface area contributed by atoms with E-state index in [2.05, 4.69) is 15.8 Å². The second kappa shape index (κ2) is 4.77. The lowest BCUT2D eigenvalue weighted by Gasteiger charge is -2.25.